The molecule has 3 N–H and O–H groups in total. The number of carbonyl (C=O) groups is 1. The Hall–Kier alpha value is -2.15. The van der Waals surface area contributed by atoms with Crippen LogP contribution >= 0.6 is 7.60 Å². The monoisotopic (exact) mass is 423 g/mol. The smallest absolute Gasteiger partial charge is 0.328 e. The fraction of sp³-hybridized carbons (Fsp3) is 0.500. The Morgan fingerprint density at radius 1 is 1.34 bits per heavy atom. The number of aliphatic carboxylic acids is 1. The summed E-state index contributed by atoms with van der Waals surface area (Å²) in [5.74, 6) is -2.70. The molecule has 0 spiro atoms. The lowest BCUT2D eigenvalue weighted by Gasteiger charge is -2.27. The molecule has 2 rings (SSSR count). The topological polar surface area (TPSA) is 135 Å². The van der Waals surface area contributed by atoms with Gasteiger partial charge in [0.15, 0.2) is 0 Å². The van der Waals surface area contributed by atoms with Crippen LogP contribution in [0.3, 0.4) is 0 Å². The number of aliphatic imine (C=N–C) groups is 1. The van der Waals surface area contributed by atoms with Gasteiger partial charge in [-0.15, -0.1) is 0 Å². The largest absolute Gasteiger partial charge is 0.862 e. The van der Waals surface area contributed by atoms with Crippen molar-refractivity contribution < 1.29 is 29.0 Å². The lowest BCUT2D eigenvalue weighted by Crippen LogP contribution is -2.35. The normalized spacial score (nSPS) is 16.7. The number of fused-ring (bicyclic) bond motifs is 1. The van der Waals surface area contributed by atoms with Gasteiger partial charge in [0.2, 0.25) is 0 Å². The number of hydrogen-bond acceptors (Lipinski definition) is 5. The van der Waals surface area contributed by atoms with Crippen molar-refractivity contribution in [3.05, 3.63) is 36.0 Å². The van der Waals surface area contributed by atoms with Crippen molar-refractivity contribution in [3.63, 3.8) is 0 Å². The molecule has 29 heavy (non-hydrogen) atoms. The first-order chi connectivity index (χ1) is 13.6. The van der Waals surface area contributed by atoms with E-state index in [2.05, 4.69) is 9.98 Å². The zero-order valence-electron chi connectivity index (χ0n) is 16.9. The minimum atomic E-state index is -3.95. The molecule has 0 radical (unpaired) electrons. The maximum Gasteiger partial charge on any atom is 0.328 e. The highest BCUT2D eigenvalue weighted by atomic mass is 31.2. The predicted molar refractivity (Wildman–Crippen MR) is 110 cm³/mol. The molecule has 0 amide bonds. The quantitative estimate of drug-likeness (QED) is 0.289. The van der Waals surface area contributed by atoms with Crippen molar-refractivity contribution in [1.82, 2.24) is 4.98 Å². The standard InChI is InChI=1S/C20H29N2O6P/c1-4-28-29(26,27)12-15(9-13(2)3)19(23)22-18(20(24)25)10-14-11-21-17-8-6-5-7-16(14)17/h5-8,11,13,15,18,21H,4,9-10,12H2,1-3H3,(H,22,23)(H,24,25)(H,26,27)/p-1/t15-,18+/m1/s1. The molecule has 1 aromatic carbocycles. The van der Waals surface area contributed by atoms with Crippen LogP contribution in [0.5, 0.6) is 0 Å². The van der Waals surface area contributed by atoms with E-state index in [1.54, 1.807) is 13.1 Å². The average Bonchev–Trinajstić information content (AvgIpc) is 3.03. The average molecular weight is 423 g/mol. The third-order valence-electron chi connectivity index (χ3n) is 4.54. The van der Waals surface area contributed by atoms with Gasteiger partial charge in [0.1, 0.15) is 6.04 Å². The molecular weight excluding hydrogens is 395 g/mol. The van der Waals surface area contributed by atoms with E-state index in [1.165, 1.54) is 0 Å². The molecule has 0 aliphatic carbocycles. The summed E-state index contributed by atoms with van der Waals surface area (Å²) in [4.78, 5) is 28.7. The van der Waals surface area contributed by atoms with Crippen molar-refractivity contribution >= 4 is 30.4 Å². The molecule has 0 saturated heterocycles. The zero-order chi connectivity index (χ0) is 21.6. The summed E-state index contributed by atoms with van der Waals surface area (Å²) in [5, 5.41) is 23.2. The van der Waals surface area contributed by atoms with E-state index in [4.69, 9.17) is 4.52 Å². The molecule has 1 aromatic heterocycles. The Kier molecular flexibility index (Phi) is 8.02. The first-order valence-corrected chi connectivity index (χ1v) is 11.4. The van der Waals surface area contributed by atoms with Crippen molar-refractivity contribution in [1.29, 1.82) is 0 Å². The van der Waals surface area contributed by atoms with E-state index in [-0.39, 0.29) is 25.1 Å². The second-order valence-corrected chi connectivity index (χ2v) is 9.35. The van der Waals surface area contributed by atoms with E-state index in [1.807, 2.05) is 38.1 Å². The fourth-order valence-corrected chi connectivity index (χ4v) is 4.68. The summed E-state index contributed by atoms with van der Waals surface area (Å²) in [7, 11) is -3.95. The van der Waals surface area contributed by atoms with Crippen LogP contribution in [0.25, 0.3) is 10.9 Å². The minimum absolute atomic E-state index is 0.0434. The summed E-state index contributed by atoms with van der Waals surface area (Å²) < 4.78 is 17.0. The molecule has 0 bridgehead atoms. The molecule has 2 aromatic rings. The molecule has 0 aliphatic heterocycles. The van der Waals surface area contributed by atoms with Gasteiger partial charge in [-0.25, -0.2) is 4.79 Å². The van der Waals surface area contributed by atoms with Crippen molar-refractivity contribution in [3.8, 4) is 0 Å². The van der Waals surface area contributed by atoms with E-state index in [0.717, 1.165) is 16.5 Å². The number of carboxylic acids is 1. The lowest BCUT2D eigenvalue weighted by atomic mass is 9.98. The summed E-state index contributed by atoms with van der Waals surface area (Å²) >= 11 is 0. The van der Waals surface area contributed by atoms with Gasteiger partial charge in [0.05, 0.1) is 12.8 Å². The molecule has 8 nitrogen and oxygen atoms in total. The second kappa shape index (κ2) is 10.1. The molecular formula is C20H28N2O6P-. The zero-order valence-corrected chi connectivity index (χ0v) is 17.8. The highest BCUT2D eigenvalue weighted by Gasteiger charge is 2.27. The molecule has 9 heteroatoms. The first-order valence-electron chi connectivity index (χ1n) is 9.61. The van der Waals surface area contributed by atoms with Crippen molar-refractivity contribution in [2.24, 2.45) is 16.8 Å². The van der Waals surface area contributed by atoms with Crippen LogP contribution in [0, 0.1) is 11.8 Å². The number of nitrogens with one attached hydrogen (secondary N) is 1. The van der Waals surface area contributed by atoms with Crippen LogP contribution in [0.15, 0.2) is 35.5 Å². The van der Waals surface area contributed by atoms with Crippen LogP contribution in [-0.4, -0.2) is 45.7 Å². The number of hydrogen-bond donors (Lipinski definition) is 3. The number of para-hydroxylation sites is 1. The maximum atomic E-state index is 12.7. The Morgan fingerprint density at radius 2 is 2.03 bits per heavy atom. The molecule has 1 unspecified atom stereocenters. The molecule has 160 valence electrons. The van der Waals surface area contributed by atoms with Crippen LogP contribution in [0.4, 0.5) is 0 Å². The first kappa shape index (κ1) is 23.1. The van der Waals surface area contributed by atoms with E-state index in [9.17, 15) is 24.5 Å². The number of aromatic amines is 1. The number of aromatic nitrogens is 1. The highest BCUT2D eigenvalue weighted by molar-refractivity contribution is 7.52. The number of rotatable bonds is 11. The molecule has 0 fully saturated rings. The van der Waals surface area contributed by atoms with Crippen LogP contribution in [0.2, 0.25) is 0 Å². The number of nitrogens with zero attached hydrogens (tertiary/aromatic N) is 1. The molecule has 1 heterocycles. The van der Waals surface area contributed by atoms with Crippen molar-refractivity contribution in [2.45, 2.75) is 39.7 Å². The van der Waals surface area contributed by atoms with Crippen LogP contribution in [-0.2, 0) is 20.3 Å². The van der Waals surface area contributed by atoms with Gasteiger partial charge in [0.25, 0.3) is 0 Å². The highest BCUT2D eigenvalue weighted by Crippen LogP contribution is 2.44. The molecule has 0 saturated carbocycles. The Balaban J connectivity index is 2.27. The minimum Gasteiger partial charge on any atom is -0.862 e. The van der Waals surface area contributed by atoms with Gasteiger partial charge in [0, 0.05) is 23.5 Å². The van der Waals surface area contributed by atoms with E-state index >= 15 is 0 Å². The van der Waals surface area contributed by atoms with E-state index in [0.29, 0.717) is 6.42 Å². The van der Waals surface area contributed by atoms with Gasteiger partial charge in [-0.3, -0.25) is 9.56 Å². The third kappa shape index (κ3) is 6.70. The molecule has 3 atom stereocenters. The Morgan fingerprint density at radius 3 is 2.66 bits per heavy atom. The number of H-pyrrole nitrogens is 1. The van der Waals surface area contributed by atoms with Crippen LogP contribution in [0.1, 0.15) is 32.8 Å². The fourth-order valence-electron chi connectivity index (χ4n) is 3.31. The van der Waals surface area contributed by atoms with Crippen LogP contribution < -0.4 is 5.11 Å². The summed E-state index contributed by atoms with van der Waals surface area (Å²) in [6, 6.07) is 6.19. The molecule has 0 aliphatic rings. The Bertz CT molecular complexity index is 907. The summed E-state index contributed by atoms with van der Waals surface area (Å²) in [5.41, 5.74) is 1.61. The third-order valence-corrected chi connectivity index (χ3v) is 6.11. The van der Waals surface area contributed by atoms with Gasteiger partial charge >= 0.3 is 13.6 Å². The second-order valence-electron chi connectivity index (χ2n) is 7.45. The van der Waals surface area contributed by atoms with E-state index < -0.39 is 31.4 Å². The summed E-state index contributed by atoms with van der Waals surface area (Å²) in [6.07, 6.45) is 1.70. The lowest BCUT2D eigenvalue weighted by molar-refractivity contribution is -0.224. The summed E-state index contributed by atoms with van der Waals surface area (Å²) in [6.45, 7) is 5.40. The van der Waals surface area contributed by atoms with Gasteiger partial charge in [-0.05, 0) is 42.7 Å². The van der Waals surface area contributed by atoms with Crippen molar-refractivity contribution in [2.75, 3.05) is 12.8 Å². The Labute approximate surface area is 170 Å². The van der Waals surface area contributed by atoms with Gasteiger partial charge in [-0.2, -0.15) is 0 Å². The number of benzene rings is 1. The van der Waals surface area contributed by atoms with Gasteiger partial charge in [-0.1, -0.05) is 32.0 Å². The predicted octanol–water partition coefficient (Wildman–Crippen LogP) is 2.81. The SMILES string of the molecule is CCOP(=O)(O)C[C@@H](CC(C)C)C([O-])=N[C@@H](Cc1c[nH]c2ccccc12)C(=O)O. The van der Waals surface area contributed by atoms with Gasteiger partial charge < -0.3 is 24.6 Å². The number of carboxylic acid groups (broad SMARTS) is 1. The maximum absolute atomic E-state index is 12.7.